The van der Waals surface area contributed by atoms with Crippen molar-refractivity contribution in [3.63, 3.8) is 0 Å². The number of benzene rings is 1. The van der Waals surface area contributed by atoms with E-state index in [1.165, 1.54) is 7.11 Å². The molecule has 1 aromatic rings. The number of ether oxygens (including phenoxy) is 2. The summed E-state index contributed by atoms with van der Waals surface area (Å²) >= 11 is 0. The third-order valence-corrected chi connectivity index (χ3v) is 3.27. The zero-order valence-electron chi connectivity index (χ0n) is 13.0. The first-order chi connectivity index (χ1) is 10.0. The molecule has 0 saturated carbocycles. The van der Waals surface area contributed by atoms with Crippen molar-refractivity contribution in [1.29, 1.82) is 5.26 Å². The van der Waals surface area contributed by atoms with Gasteiger partial charge in [-0.1, -0.05) is 13.3 Å². The van der Waals surface area contributed by atoms with Crippen LogP contribution in [0.15, 0.2) is 18.2 Å². The predicted molar refractivity (Wildman–Crippen MR) is 81.3 cm³/mol. The standard InChI is InChI=1S/C16H22N2O3/c1-5-9-16(3,21-6-2)15(19)18-14-8-7-13(20-4)10-12(14)11-17/h7-8,10H,5-6,9H2,1-4H3,(H,18,19). The smallest absolute Gasteiger partial charge is 0.256 e. The molecule has 0 aliphatic rings. The quantitative estimate of drug-likeness (QED) is 0.837. The van der Waals surface area contributed by atoms with E-state index in [0.717, 1.165) is 6.42 Å². The van der Waals surface area contributed by atoms with Gasteiger partial charge in [0.1, 0.15) is 17.4 Å². The number of nitrogens with zero attached hydrogens (tertiary/aromatic N) is 1. The molecular formula is C16H22N2O3. The van der Waals surface area contributed by atoms with Crippen molar-refractivity contribution in [2.24, 2.45) is 0 Å². The van der Waals surface area contributed by atoms with Crippen LogP contribution < -0.4 is 10.1 Å². The Hall–Kier alpha value is -2.06. The molecule has 0 saturated heterocycles. The summed E-state index contributed by atoms with van der Waals surface area (Å²) in [4.78, 5) is 12.5. The Labute approximate surface area is 125 Å². The van der Waals surface area contributed by atoms with E-state index in [1.807, 2.05) is 13.8 Å². The summed E-state index contributed by atoms with van der Waals surface area (Å²) in [5.41, 5.74) is -0.0701. The van der Waals surface area contributed by atoms with Crippen LogP contribution in [-0.4, -0.2) is 25.2 Å². The second-order valence-electron chi connectivity index (χ2n) is 4.89. The number of hydrogen-bond donors (Lipinski definition) is 1. The zero-order valence-corrected chi connectivity index (χ0v) is 13.0. The Morgan fingerprint density at radius 2 is 2.14 bits per heavy atom. The van der Waals surface area contributed by atoms with E-state index >= 15 is 0 Å². The topological polar surface area (TPSA) is 71.3 Å². The Morgan fingerprint density at radius 3 is 2.67 bits per heavy atom. The zero-order chi connectivity index (χ0) is 15.9. The maximum atomic E-state index is 12.5. The first-order valence-electron chi connectivity index (χ1n) is 7.04. The number of carbonyl (C=O) groups is 1. The van der Waals surface area contributed by atoms with E-state index < -0.39 is 5.60 Å². The first-order valence-corrected chi connectivity index (χ1v) is 7.04. The van der Waals surface area contributed by atoms with Crippen LogP contribution in [0.5, 0.6) is 5.75 Å². The van der Waals surface area contributed by atoms with Gasteiger partial charge < -0.3 is 14.8 Å². The third-order valence-electron chi connectivity index (χ3n) is 3.27. The molecule has 1 rings (SSSR count). The van der Waals surface area contributed by atoms with Crippen LogP contribution in [0, 0.1) is 11.3 Å². The second-order valence-corrected chi connectivity index (χ2v) is 4.89. The number of nitriles is 1. The van der Waals surface area contributed by atoms with Crippen molar-refractivity contribution in [2.45, 2.75) is 39.2 Å². The molecule has 1 N–H and O–H groups in total. The highest BCUT2D eigenvalue weighted by Crippen LogP contribution is 2.25. The Morgan fingerprint density at radius 1 is 1.43 bits per heavy atom. The lowest BCUT2D eigenvalue weighted by Crippen LogP contribution is -2.42. The van der Waals surface area contributed by atoms with Gasteiger partial charge in [-0.05, 0) is 38.5 Å². The van der Waals surface area contributed by atoms with E-state index in [0.29, 0.717) is 30.0 Å². The van der Waals surface area contributed by atoms with Gasteiger partial charge in [-0.25, -0.2) is 0 Å². The van der Waals surface area contributed by atoms with Gasteiger partial charge in [-0.15, -0.1) is 0 Å². The molecule has 1 unspecified atom stereocenters. The van der Waals surface area contributed by atoms with E-state index in [1.54, 1.807) is 25.1 Å². The Bertz CT molecular complexity index is 529. The van der Waals surface area contributed by atoms with Crippen LogP contribution >= 0.6 is 0 Å². The number of amides is 1. The van der Waals surface area contributed by atoms with Crippen molar-refractivity contribution in [2.75, 3.05) is 19.0 Å². The van der Waals surface area contributed by atoms with Crippen molar-refractivity contribution in [3.05, 3.63) is 23.8 Å². The largest absolute Gasteiger partial charge is 0.497 e. The van der Waals surface area contributed by atoms with Crippen molar-refractivity contribution in [1.82, 2.24) is 0 Å². The van der Waals surface area contributed by atoms with Crippen molar-refractivity contribution in [3.8, 4) is 11.8 Å². The van der Waals surface area contributed by atoms with E-state index in [2.05, 4.69) is 11.4 Å². The highest BCUT2D eigenvalue weighted by molar-refractivity contribution is 5.98. The fraction of sp³-hybridized carbons (Fsp3) is 0.500. The molecule has 0 bridgehead atoms. The average Bonchev–Trinajstić information content (AvgIpc) is 2.48. The Balaban J connectivity index is 2.99. The molecule has 0 heterocycles. The first kappa shape index (κ1) is 17.0. The molecule has 1 aromatic carbocycles. The number of hydrogen-bond acceptors (Lipinski definition) is 4. The lowest BCUT2D eigenvalue weighted by Gasteiger charge is -2.28. The highest BCUT2D eigenvalue weighted by atomic mass is 16.5. The molecule has 5 nitrogen and oxygen atoms in total. The molecule has 5 heteroatoms. The number of methoxy groups -OCH3 is 1. The van der Waals surface area contributed by atoms with E-state index in [-0.39, 0.29) is 5.91 Å². The fourth-order valence-electron chi connectivity index (χ4n) is 2.15. The van der Waals surface area contributed by atoms with E-state index in [4.69, 9.17) is 9.47 Å². The van der Waals surface area contributed by atoms with Gasteiger partial charge in [0.2, 0.25) is 0 Å². The van der Waals surface area contributed by atoms with Crippen LogP contribution in [0.4, 0.5) is 5.69 Å². The lowest BCUT2D eigenvalue weighted by molar-refractivity contribution is -0.139. The van der Waals surface area contributed by atoms with Crippen LogP contribution in [0.3, 0.4) is 0 Å². The summed E-state index contributed by atoms with van der Waals surface area (Å²) in [5.74, 6) is 0.332. The summed E-state index contributed by atoms with van der Waals surface area (Å²) < 4.78 is 10.7. The number of carbonyl (C=O) groups excluding carboxylic acids is 1. The SMILES string of the molecule is CCCC(C)(OCC)C(=O)Nc1ccc(OC)cc1C#N. The monoisotopic (exact) mass is 290 g/mol. The van der Waals surface area contributed by atoms with Gasteiger partial charge in [0.15, 0.2) is 0 Å². The van der Waals surface area contributed by atoms with Crippen LogP contribution in [-0.2, 0) is 9.53 Å². The third kappa shape index (κ3) is 4.20. The highest BCUT2D eigenvalue weighted by Gasteiger charge is 2.33. The van der Waals surface area contributed by atoms with Gasteiger partial charge in [-0.2, -0.15) is 5.26 Å². The van der Waals surface area contributed by atoms with Gasteiger partial charge in [0.05, 0.1) is 18.4 Å². The molecule has 1 atom stereocenters. The van der Waals surface area contributed by atoms with Gasteiger partial charge in [0, 0.05) is 6.61 Å². The summed E-state index contributed by atoms with van der Waals surface area (Å²) in [6.07, 6.45) is 1.45. The summed E-state index contributed by atoms with van der Waals surface area (Å²) in [5, 5.41) is 12.0. The van der Waals surface area contributed by atoms with Gasteiger partial charge in [-0.3, -0.25) is 4.79 Å². The number of nitrogens with one attached hydrogen (secondary N) is 1. The van der Waals surface area contributed by atoms with Gasteiger partial charge in [0.25, 0.3) is 5.91 Å². The van der Waals surface area contributed by atoms with Crippen molar-refractivity contribution < 1.29 is 14.3 Å². The minimum Gasteiger partial charge on any atom is -0.497 e. The van der Waals surface area contributed by atoms with Gasteiger partial charge >= 0.3 is 0 Å². The number of rotatable bonds is 7. The normalized spacial score (nSPS) is 13.1. The molecule has 21 heavy (non-hydrogen) atoms. The van der Waals surface area contributed by atoms with Crippen molar-refractivity contribution >= 4 is 11.6 Å². The summed E-state index contributed by atoms with van der Waals surface area (Å²) in [7, 11) is 1.53. The molecule has 114 valence electrons. The predicted octanol–water partition coefficient (Wildman–Crippen LogP) is 3.10. The molecule has 0 fully saturated rings. The molecule has 0 aliphatic heterocycles. The fourth-order valence-corrected chi connectivity index (χ4v) is 2.15. The summed E-state index contributed by atoms with van der Waals surface area (Å²) in [6.45, 7) is 6.08. The number of anilines is 1. The minimum atomic E-state index is -0.893. The lowest BCUT2D eigenvalue weighted by atomic mass is 9.98. The van der Waals surface area contributed by atoms with Crippen LogP contribution in [0.25, 0.3) is 0 Å². The molecule has 0 aliphatic carbocycles. The molecule has 0 aromatic heterocycles. The molecule has 0 spiro atoms. The minimum absolute atomic E-state index is 0.243. The average molecular weight is 290 g/mol. The second kappa shape index (κ2) is 7.65. The molecule has 0 radical (unpaired) electrons. The van der Waals surface area contributed by atoms with E-state index in [9.17, 15) is 10.1 Å². The Kier molecular flexibility index (Phi) is 6.19. The molecule has 1 amide bonds. The molecular weight excluding hydrogens is 268 g/mol. The van der Waals surface area contributed by atoms with Crippen LogP contribution in [0.1, 0.15) is 39.2 Å². The van der Waals surface area contributed by atoms with Crippen LogP contribution in [0.2, 0.25) is 0 Å². The maximum absolute atomic E-state index is 12.5. The maximum Gasteiger partial charge on any atom is 0.256 e. The summed E-state index contributed by atoms with van der Waals surface area (Å²) in [6, 6.07) is 7.01.